The second-order valence-electron chi connectivity index (χ2n) is 4.45. The van der Waals surface area contributed by atoms with Crippen LogP contribution in [0.5, 0.6) is 5.75 Å². The monoisotopic (exact) mass is 247 g/mol. The van der Waals surface area contributed by atoms with Crippen molar-refractivity contribution in [2.45, 2.75) is 19.9 Å². The predicted molar refractivity (Wildman–Crippen MR) is 68.1 cm³/mol. The summed E-state index contributed by atoms with van der Waals surface area (Å²) >= 11 is 0. The molecule has 1 atom stereocenters. The van der Waals surface area contributed by atoms with Crippen LogP contribution in [-0.4, -0.2) is 17.3 Å². The van der Waals surface area contributed by atoms with Gasteiger partial charge in [-0.25, -0.2) is 0 Å². The van der Waals surface area contributed by atoms with Crippen LogP contribution >= 0.6 is 0 Å². The summed E-state index contributed by atoms with van der Waals surface area (Å²) in [7, 11) is 1.63. The van der Waals surface area contributed by atoms with Crippen LogP contribution in [0.15, 0.2) is 28.8 Å². The first-order valence-electron chi connectivity index (χ1n) is 5.85. The summed E-state index contributed by atoms with van der Waals surface area (Å²) in [5.74, 6) is 2.06. The van der Waals surface area contributed by atoms with Crippen LogP contribution in [0, 0.1) is 5.92 Å². The average molecular weight is 247 g/mol. The van der Waals surface area contributed by atoms with Crippen molar-refractivity contribution in [3.63, 3.8) is 0 Å². The van der Waals surface area contributed by atoms with E-state index in [4.69, 9.17) is 15.0 Å². The van der Waals surface area contributed by atoms with Crippen LogP contribution < -0.4 is 10.5 Å². The van der Waals surface area contributed by atoms with Gasteiger partial charge < -0.3 is 15.0 Å². The molecule has 0 saturated carbocycles. The van der Waals surface area contributed by atoms with Gasteiger partial charge in [0.05, 0.1) is 13.2 Å². The van der Waals surface area contributed by atoms with Crippen molar-refractivity contribution in [3.05, 3.63) is 30.2 Å². The van der Waals surface area contributed by atoms with E-state index >= 15 is 0 Å². The standard InChI is InChI=1S/C13H17N3O2/c1-8(2)11(14)13-15-12(16-18-13)9-4-6-10(17-3)7-5-9/h4-8,11H,14H2,1-3H3. The molecule has 18 heavy (non-hydrogen) atoms. The molecule has 0 aliphatic rings. The van der Waals surface area contributed by atoms with Crippen molar-refractivity contribution in [2.75, 3.05) is 7.11 Å². The Kier molecular flexibility index (Phi) is 3.62. The molecule has 0 fully saturated rings. The highest BCUT2D eigenvalue weighted by Crippen LogP contribution is 2.23. The smallest absolute Gasteiger partial charge is 0.244 e. The summed E-state index contributed by atoms with van der Waals surface area (Å²) < 4.78 is 10.3. The SMILES string of the molecule is COc1ccc(-c2noc(C(N)C(C)C)n2)cc1. The fourth-order valence-corrected chi connectivity index (χ4v) is 1.51. The second-order valence-corrected chi connectivity index (χ2v) is 4.45. The zero-order valence-electron chi connectivity index (χ0n) is 10.8. The van der Waals surface area contributed by atoms with E-state index in [1.165, 1.54) is 0 Å². The second kappa shape index (κ2) is 5.18. The number of nitrogens with zero attached hydrogens (tertiary/aromatic N) is 2. The predicted octanol–water partition coefficient (Wildman–Crippen LogP) is 2.40. The maximum atomic E-state index is 5.96. The van der Waals surface area contributed by atoms with Gasteiger partial charge in [0, 0.05) is 5.56 Å². The first-order chi connectivity index (χ1) is 8.61. The Morgan fingerprint density at radius 3 is 2.44 bits per heavy atom. The molecular formula is C13H17N3O2. The van der Waals surface area contributed by atoms with Crippen molar-refractivity contribution in [1.82, 2.24) is 10.1 Å². The molecule has 0 aliphatic heterocycles. The van der Waals surface area contributed by atoms with E-state index in [0.29, 0.717) is 11.7 Å². The number of rotatable bonds is 4. The zero-order valence-corrected chi connectivity index (χ0v) is 10.8. The molecule has 1 aromatic heterocycles. The highest BCUT2D eigenvalue weighted by atomic mass is 16.5. The summed E-state index contributed by atoms with van der Waals surface area (Å²) in [6.07, 6.45) is 0. The Hall–Kier alpha value is -1.88. The number of nitrogens with two attached hydrogens (primary N) is 1. The van der Waals surface area contributed by atoms with Crippen molar-refractivity contribution in [2.24, 2.45) is 11.7 Å². The van der Waals surface area contributed by atoms with Crippen LogP contribution in [-0.2, 0) is 0 Å². The topological polar surface area (TPSA) is 74.2 Å². The van der Waals surface area contributed by atoms with Gasteiger partial charge in [0.25, 0.3) is 0 Å². The van der Waals surface area contributed by atoms with E-state index in [1.54, 1.807) is 7.11 Å². The lowest BCUT2D eigenvalue weighted by molar-refractivity contribution is 0.325. The van der Waals surface area contributed by atoms with Crippen molar-refractivity contribution >= 4 is 0 Å². The Balaban J connectivity index is 2.23. The van der Waals surface area contributed by atoms with Gasteiger partial charge in [-0.05, 0) is 30.2 Å². The Labute approximate surface area is 106 Å². The largest absolute Gasteiger partial charge is 0.497 e. The van der Waals surface area contributed by atoms with Crippen molar-refractivity contribution in [1.29, 1.82) is 0 Å². The highest BCUT2D eigenvalue weighted by molar-refractivity contribution is 5.55. The lowest BCUT2D eigenvalue weighted by Gasteiger charge is -2.09. The van der Waals surface area contributed by atoms with Crippen LogP contribution in [0.4, 0.5) is 0 Å². The molecule has 0 aliphatic carbocycles. The van der Waals surface area contributed by atoms with Gasteiger partial charge in [-0.2, -0.15) is 4.98 Å². The summed E-state index contributed by atoms with van der Waals surface area (Å²) in [6.45, 7) is 4.03. The molecule has 2 N–H and O–H groups in total. The molecule has 2 rings (SSSR count). The van der Waals surface area contributed by atoms with E-state index in [1.807, 2.05) is 38.1 Å². The average Bonchev–Trinajstić information content (AvgIpc) is 2.87. The first-order valence-corrected chi connectivity index (χ1v) is 5.85. The molecule has 0 saturated heterocycles. The van der Waals surface area contributed by atoms with Crippen LogP contribution in [0.2, 0.25) is 0 Å². The fraction of sp³-hybridized carbons (Fsp3) is 0.385. The van der Waals surface area contributed by atoms with E-state index in [0.717, 1.165) is 11.3 Å². The quantitative estimate of drug-likeness (QED) is 0.898. The molecule has 5 heteroatoms. The third-order valence-electron chi connectivity index (χ3n) is 2.79. The van der Waals surface area contributed by atoms with E-state index in [2.05, 4.69) is 10.1 Å². The summed E-state index contributed by atoms with van der Waals surface area (Å²) in [4.78, 5) is 4.31. The number of hydrogen-bond acceptors (Lipinski definition) is 5. The minimum Gasteiger partial charge on any atom is -0.497 e. The van der Waals surface area contributed by atoms with Crippen molar-refractivity contribution in [3.8, 4) is 17.1 Å². The molecule has 0 spiro atoms. The normalized spacial score (nSPS) is 12.7. The van der Waals surface area contributed by atoms with Crippen LogP contribution in [0.25, 0.3) is 11.4 Å². The minimum atomic E-state index is -0.232. The maximum Gasteiger partial charge on any atom is 0.244 e. The molecule has 5 nitrogen and oxygen atoms in total. The van der Waals surface area contributed by atoms with Gasteiger partial charge in [0.1, 0.15) is 5.75 Å². The number of aromatic nitrogens is 2. The number of ether oxygens (including phenoxy) is 1. The van der Waals surface area contributed by atoms with E-state index in [-0.39, 0.29) is 12.0 Å². The molecular weight excluding hydrogens is 230 g/mol. The van der Waals surface area contributed by atoms with Gasteiger partial charge in [-0.1, -0.05) is 19.0 Å². The van der Waals surface area contributed by atoms with Gasteiger partial charge in [-0.15, -0.1) is 0 Å². The highest BCUT2D eigenvalue weighted by Gasteiger charge is 2.18. The van der Waals surface area contributed by atoms with Crippen molar-refractivity contribution < 1.29 is 9.26 Å². The summed E-state index contributed by atoms with van der Waals surface area (Å²) in [5, 5.41) is 3.94. The lowest BCUT2D eigenvalue weighted by atomic mass is 10.1. The van der Waals surface area contributed by atoms with E-state index < -0.39 is 0 Å². The number of hydrogen-bond donors (Lipinski definition) is 1. The molecule has 1 unspecified atom stereocenters. The molecule has 0 radical (unpaired) electrons. The molecule has 0 amide bonds. The first kappa shape index (κ1) is 12.6. The summed E-state index contributed by atoms with van der Waals surface area (Å²) in [6, 6.07) is 7.24. The fourth-order valence-electron chi connectivity index (χ4n) is 1.51. The molecule has 96 valence electrons. The lowest BCUT2D eigenvalue weighted by Crippen LogP contribution is -2.16. The zero-order chi connectivity index (χ0) is 13.1. The van der Waals surface area contributed by atoms with Gasteiger partial charge >= 0.3 is 0 Å². The molecule has 0 bridgehead atoms. The Morgan fingerprint density at radius 1 is 1.22 bits per heavy atom. The molecule has 1 aromatic carbocycles. The van der Waals surface area contributed by atoms with E-state index in [9.17, 15) is 0 Å². The van der Waals surface area contributed by atoms with Crippen LogP contribution in [0.3, 0.4) is 0 Å². The maximum absolute atomic E-state index is 5.96. The Bertz CT molecular complexity index is 505. The third-order valence-corrected chi connectivity index (χ3v) is 2.79. The third kappa shape index (κ3) is 2.51. The van der Waals surface area contributed by atoms with Gasteiger partial charge in [-0.3, -0.25) is 0 Å². The van der Waals surface area contributed by atoms with Gasteiger partial charge in [0.15, 0.2) is 0 Å². The number of methoxy groups -OCH3 is 1. The molecule has 1 heterocycles. The summed E-state index contributed by atoms with van der Waals surface area (Å²) in [5.41, 5.74) is 6.84. The minimum absolute atomic E-state index is 0.232. The van der Waals surface area contributed by atoms with Crippen LogP contribution in [0.1, 0.15) is 25.8 Å². The van der Waals surface area contributed by atoms with Gasteiger partial charge in [0.2, 0.25) is 11.7 Å². The number of benzene rings is 1. The Morgan fingerprint density at radius 2 is 1.89 bits per heavy atom. The molecule has 2 aromatic rings.